The maximum Gasteiger partial charge on any atom is 0.318 e. The van der Waals surface area contributed by atoms with Crippen LogP contribution in [0.2, 0.25) is 0 Å². The molecule has 1 heterocycles. The Kier molecular flexibility index (Phi) is 3.47. The number of ether oxygens (including phenoxy) is 3. The number of methoxy groups -OCH3 is 3. The fourth-order valence-electron chi connectivity index (χ4n) is 3.60. The molecule has 2 aliphatic rings. The molecule has 3 rings (SSSR count). The zero-order valence-electron chi connectivity index (χ0n) is 12.9. The summed E-state index contributed by atoms with van der Waals surface area (Å²) in [7, 11) is 4.49. The highest BCUT2D eigenvalue weighted by Gasteiger charge is 2.56. The summed E-state index contributed by atoms with van der Waals surface area (Å²) in [6, 6.07) is 3.34. The van der Waals surface area contributed by atoms with E-state index in [1.165, 1.54) is 7.11 Å². The van der Waals surface area contributed by atoms with Crippen LogP contribution in [0.25, 0.3) is 0 Å². The van der Waals surface area contributed by atoms with Crippen molar-refractivity contribution in [2.24, 2.45) is 0 Å². The first-order valence-electron chi connectivity index (χ1n) is 7.20. The van der Waals surface area contributed by atoms with Crippen LogP contribution in [0.15, 0.2) is 12.1 Å². The van der Waals surface area contributed by atoms with Crippen LogP contribution >= 0.6 is 0 Å². The van der Waals surface area contributed by atoms with Gasteiger partial charge in [0.25, 0.3) is 0 Å². The zero-order chi connectivity index (χ0) is 15.9. The number of anilines is 1. The Morgan fingerprint density at radius 3 is 2.55 bits per heavy atom. The van der Waals surface area contributed by atoms with E-state index in [1.54, 1.807) is 14.2 Å². The minimum absolute atomic E-state index is 0.156. The van der Waals surface area contributed by atoms with Crippen molar-refractivity contribution >= 4 is 17.4 Å². The molecule has 1 aromatic rings. The number of ketones is 1. The number of esters is 1. The standard InChI is InChI=1S/C16H19NO5/c1-20-12-7-10-11(8-13(12)21-2)17-14-6-9(18)4-5-16(10,14)15(19)22-3/h7-8,14,17H,4-6H2,1-3H3/t14-,16+/m0/s1. The van der Waals surface area contributed by atoms with Crippen molar-refractivity contribution in [2.75, 3.05) is 26.6 Å². The molecule has 1 aliphatic heterocycles. The minimum atomic E-state index is -0.836. The van der Waals surface area contributed by atoms with Gasteiger partial charge in [-0.1, -0.05) is 0 Å². The lowest BCUT2D eigenvalue weighted by atomic mass is 9.67. The molecular formula is C16H19NO5. The lowest BCUT2D eigenvalue weighted by Gasteiger charge is -2.36. The van der Waals surface area contributed by atoms with E-state index in [-0.39, 0.29) is 17.8 Å². The molecule has 118 valence electrons. The summed E-state index contributed by atoms with van der Waals surface area (Å²) in [4.78, 5) is 24.4. The molecule has 6 heteroatoms. The van der Waals surface area contributed by atoms with Crippen molar-refractivity contribution in [3.8, 4) is 11.5 Å². The number of hydrogen-bond donors (Lipinski definition) is 1. The third kappa shape index (κ3) is 1.86. The third-order valence-electron chi connectivity index (χ3n) is 4.71. The molecular weight excluding hydrogens is 286 g/mol. The smallest absolute Gasteiger partial charge is 0.318 e. The highest BCUT2D eigenvalue weighted by atomic mass is 16.5. The number of carbonyl (C=O) groups is 2. The lowest BCUT2D eigenvalue weighted by Crippen LogP contribution is -2.50. The third-order valence-corrected chi connectivity index (χ3v) is 4.71. The number of nitrogens with one attached hydrogen (secondary N) is 1. The number of rotatable bonds is 3. The summed E-state index contributed by atoms with van der Waals surface area (Å²) in [6.07, 6.45) is 1.13. The SMILES string of the molecule is COC(=O)[C@@]12CCC(=O)C[C@@H]1Nc1cc(OC)c(OC)cc12. The average Bonchev–Trinajstić information content (AvgIpc) is 2.85. The van der Waals surface area contributed by atoms with Crippen LogP contribution in [-0.2, 0) is 19.7 Å². The van der Waals surface area contributed by atoms with Crippen LogP contribution in [0.4, 0.5) is 5.69 Å². The Labute approximate surface area is 128 Å². The van der Waals surface area contributed by atoms with Gasteiger partial charge in [0.2, 0.25) is 0 Å². The van der Waals surface area contributed by atoms with E-state index >= 15 is 0 Å². The summed E-state index contributed by atoms with van der Waals surface area (Å²) in [6.45, 7) is 0. The van der Waals surface area contributed by atoms with Crippen molar-refractivity contribution < 1.29 is 23.8 Å². The van der Waals surface area contributed by atoms with Gasteiger partial charge in [-0.3, -0.25) is 9.59 Å². The molecule has 0 radical (unpaired) electrons. The van der Waals surface area contributed by atoms with Crippen LogP contribution in [0.1, 0.15) is 24.8 Å². The van der Waals surface area contributed by atoms with Gasteiger partial charge in [0.15, 0.2) is 11.5 Å². The predicted octanol–water partition coefficient (Wildman–Crippen LogP) is 1.66. The quantitative estimate of drug-likeness (QED) is 0.856. The number of carbonyl (C=O) groups excluding carboxylic acids is 2. The van der Waals surface area contributed by atoms with E-state index in [1.807, 2.05) is 12.1 Å². The average molecular weight is 305 g/mol. The van der Waals surface area contributed by atoms with E-state index in [2.05, 4.69) is 5.32 Å². The number of benzene rings is 1. The van der Waals surface area contributed by atoms with Crippen molar-refractivity contribution in [2.45, 2.75) is 30.7 Å². The molecule has 0 aromatic heterocycles. The molecule has 1 aliphatic carbocycles. The van der Waals surface area contributed by atoms with Crippen LogP contribution in [0.3, 0.4) is 0 Å². The second kappa shape index (κ2) is 5.19. The minimum Gasteiger partial charge on any atom is -0.493 e. The van der Waals surface area contributed by atoms with Gasteiger partial charge < -0.3 is 19.5 Å². The molecule has 1 saturated carbocycles. The maximum atomic E-state index is 12.5. The zero-order valence-corrected chi connectivity index (χ0v) is 12.9. The molecule has 0 spiro atoms. The summed E-state index contributed by atoms with van der Waals surface area (Å²) in [5.41, 5.74) is 0.773. The Balaban J connectivity index is 2.17. The van der Waals surface area contributed by atoms with Gasteiger partial charge in [0.1, 0.15) is 11.2 Å². The molecule has 6 nitrogen and oxygen atoms in total. The summed E-state index contributed by atoms with van der Waals surface area (Å²) < 4.78 is 15.7. The molecule has 1 N–H and O–H groups in total. The monoisotopic (exact) mass is 305 g/mol. The predicted molar refractivity (Wildman–Crippen MR) is 79.5 cm³/mol. The molecule has 2 atom stereocenters. The first-order chi connectivity index (χ1) is 10.6. The Bertz CT molecular complexity index is 642. The first-order valence-corrected chi connectivity index (χ1v) is 7.20. The van der Waals surface area contributed by atoms with Gasteiger partial charge >= 0.3 is 5.97 Å². The van der Waals surface area contributed by atoms with Crippen LogP contribution < -0.4 is 14.8 Å². The second-order valence-electron chi connectivity index (χ2n) is 5.66. The molecule has 0 unspecified atom stereocenters. The van der Waals surface area contributed by atoms with Gasteiger partial charge in [0.05, 0.1) is 27.4 Å². The van der Waals surface area contributed by atoms with Crippen molar-refractivity contribution in [1.82, 2.24) is 0 Å². The van der Waals surface area contributed by atoms with Crippen molar-refractivity contribution in [3.63, 3.8) is 0 Å². The van der Waals surface area contributed by atoms with Gasteiger partial charge in [-0.25, -0.2) is 0 Å². The molecule has 0 amide bonds. The summed E-state index contributed by atoms with van der Waals surface area (Å²) >= 11 is 0. The van der Waals surface area contributed by atoms with Crippen LogP contribution in [0.5, 0.6) is 11.5 Å². The van der Waals surface area contributed by atoms with E-state index in [0.29, 0.717) is 30.8 Å². The van der Waals surface area contributed by atoms with Gasteiger partial charge in [-0.05, 0) is 18.1 Å². The Morgan fingerprint density at radius 1 is 1.23 bits per heavy atom. The van der Waals surface area contributed by atoms with Crippen LogP contribution in [0, 0.1) is 0 Å². The van der Waals surface area contributed by atoms with Crippen molar-refractivity contribution in [3.05, 3.63) is 17.7 Å². The van der Waals surface area contributed by atoms with E-state index < -0.39 is 5.41 Å². The molecule has 22 heavy (non-hydrogen) atoms. The normalized spacial score (nSPS) is 25.8. The van der Waals surface area contributed by atoms with Gasteiger partial charge in [-0.15, -0.1) is 0 Å². The fraction of sp³-hybridized carbons (Fsp3) is 0.500. The molecule has 1 aromatic carbocycles. The first kappa shape index (κ1) is 14.7. The number of fused-ring (bicyclic) bond motifs is 3. The lowest BCUT2D eigenvalue weighted by molar-refractivity contribution is -0.149. The largest absolute Gasteiger partial charge is 0.493 e. The topological polar surface area (TPSA) is 73.9 Å². The summed E-state index contributed by atoms with van der Waals surface area (Å²) in [5, 5.41) is 3.29. The van der Waals surface area contributed by atoms with Crippen LogP contribution in [-0.4, -0.2) is 39.1 Å². The second-order valence-corrected chi connectivity index (χ2v) is 5.66. The molecule has 0 bridgehead atoms. The number of Topliss-reactive ketones (excluding diaryl/α,β-unsaturated/α-hetero) is 1. The number of hydrogen-bond acceptors (Lipinski definition) is 6. The molecule has 0 saturated heterocycles. The Morgan fingerprint density at radius 2 is 1.91 bits per heavy atom. The summed E-state index contributed by atoms with van der Waals surface area (Å²) in [5.74, 6) is 0.981. The van der Waals surface area contributed by atoms with Crippen molar-refractivity contribution in [1.29, 1.82) is 0 Å². The van der Waals surface area contributed by atoms with E-state index in [9.17, 15) is 9.59 Å². The van der Waals surface area contributed by atoms with E-state index in [4.69, 9.17) is 14.2 Å². The Hall–Kier alpha value is -2.24. The highest BCUT2D eigenvalue weighted by Crippen LogP contribution is 2.51. The molecule has 1 fully saturated rings. The van der Waals surface area contributed by atoms with Gasteiger partial charge in [-0.2, -0.15) is 0 Å². The highest BCUT2D eigenvalue weighted by molar-refractivity contribution is 5.95. The van der Waals surface area contributed by atoms with Gasteiger partial charge in [0, 0.05) is 24.6 Å². The van der Waals surface area contributed by atoms with E-state index in [0.717, 1.165) is 11.3 Å². The maximum absolute atomic E-state index is 12.5. The fourth-order valence-corrected chi connectivity index (χ4v) is 3.60.